The van der Waals surface area contributed by atoms with Crippen molar-refractivity contribution in [2.24, 2.45) is 0 Å². The maximum absolute atomic E-state index is 10.8. The first-order valence-electron chi connectivity index (χ1n) is 6.61. The van der Waals surface area contributed by atoms with Crippen LogP contribution in [-0.4, -0.2) is 21.0 Å². The molecule has 1 aromatic heterocycles. The Morgan fingerprint density at radius 1 is 0.955 bits per heavy atom. The molecule has 0 aliphatic rings. The lowest BCUT2D eigenvalue weighted by atomic mass is 10.1. The van der Waals surface area contributed by atoms with Gasteiger partial charge in [0.05, 0.1) is 11.3 Å². The molecule has 3 aromatic rings. The van der Waals surface area contributed by atoms with Gasteiger partial charge in [-0.15, -0.1) is 0 Å². The fourth-order valence-electron chi connectivity index (χ4n) is 1.95. The van der Waals surface area contributed by atoms with Crippen molar-refractivity contribution < 1.29 is 14.6 Å². The summed E-state index contributed by atoms with van der Waals surface area (Å²) in [6.45, 7) is 0. The van der Waals surface area contributed by atoms with Gasteiger partial charge >= 0.3 is 5.97 Å². The van der Waals surface area contributed by atoms with Crippen molar-refractivity contribution in [3.8, 4) is 22.9 Å². The lowest BCUT2D eigenvalue weighted by Gasteiger charge is -2.06. The minimum absolute atomic E-state index is 0.208. The van der Waals surface area contributed by atoms with E-state index < -0.39 is 5.97 Å². The monoisotopic (exact) mass is 292 g/mol. The second-order valence-electron chi connectivity index (χ2n) is 4.54. The van der Waals surface area contributed by atoms with Crippen molar-refractivity contribution in [2.45, 2.75) is 0 Å². The van der Waals surface area contributed by atoms with Crippen molar-refractivity contribution in [1.29, 1.82) is 0 Å². The standard InChI is InChI=1S/C17H12N2O3/c20-17(21)13-6-8-14(9-7-13)22-16-10-15(18-11-19-16)12-4-2-1-3-5-12/h1-11H,(H,20,21). The molecule has 0 saturated heterocycles. The summed E-state index contributed by atoms with van der Waals surface area (Å²) in [5.41, 5.74) is 1.93. The van der Waals surface area contributed by atoms with E-state index in [0.29, 0.717) is 11.6 Å². The number of aromatic carboxylic acids is 1. The number of nitrogens with zero attached hydrogens (tertiary/aromatic N) is 2. The maximum Gasteiger partial charge on any atom is 0.335 e. The van der Waals surface area contributed by atoms with E-state index in [-0.39, 0.29) is 5.56 Å². The summed E-state index contributed by atoms with van der Waals surface area (Å²) in [4.78, 5) is 19.1. The molecule has 2 aromatic carbocycles. The molecule has 1 N–H and O–H groups in total. The lowest BCUT2D eigenvalue weighted by Crippen LogP contribution is -1.96. The summed E-state index contributed by atoms with van der Waals surface area (Å²) in [6.07, 6.45) is 1.43. The molecule has 5 nitrogen and oxygen atoms in total. The van der Waals surface area contributed by atoms with Crippen LogP contribution in [0.2, 0.25) is 0 Å². The molecule has 0 atom stereocenters. The number of rotatable bonds is 4. The van der Waals surface area contributed by atoms with E-state index >= 15 is 0 Å². The van der Waals surface area contributed by atoms with Gasteiger partial charge in [0.15, 0.2) is 0 Å². The quantitative estimate of drug-likeness (QED) is 0.795. The van der Waals surface area contributed by atoms with Gasteiger partial charge in [-0.2, -0.15) is 0 Å². The fourth-order valence-corrected chi connectivity index (χ4v) is 1.95. The Hall–Kier alpha value is -3.21. The summed E-state index contributed by atoms with van der Waals surface area (Å²) in [5, 5.41) is 8.87. The van der Waals surface area contributed by atoms with Crippen LogP contribution in [0.1, 0.15) is 10.4 Å². The first kappa shape index (κ1) is 13.8. The number of benzene rings is 2. The Balaban J connectivity index is 1.82. The number of aromatic nitrogens is 2. The molecular weight excluding hydrogens is 280 g/mol. The lowest BCUT2D eigenvalue weighted by molar-refractivity contribution is 0.0697. The molecule has 1 heterocycles. The van der Waals surface area contributed by atoms with E-state index in [0.717, 1.165) is 11.3 Å². The van der Waals surface area contributed by atoms with Gasteiger partial charge in [0.1, 0.15) is 12.1 Å². The zero-order valence-corrected chi connectivity index (χ0v) is 11.5. The normalized spacial score (nSPS) is 10.2. The number of carbonyl (C=O) groups is 1. The first-order valence-corrected chi connectivity index (χ1v) is 6.61. The van der Waals surface area contributed by atoms with E-state index in [4.69, 9.17) is 9.84 Å². The Morgan fingerprint density at radius 2 is 1.68 bits per heavy atom. The second kappa shape index (κ2) is 6.05. The second-order valence-corrected chi connectivity index (χ2v) is 4.54. The van der Waals surface area contributed by atoms with Gasteiger partial charge in [-0.1, -0.05) is 30.3 Å². The third-order valence-corrected chi connectivity index (χ3v) is 3.04. The molecule has 0 radical (unpaired) electrons. The highest BCUT2D eigenvalue weighted by Gasteiger charge is 2.05. The van der Waals surface area contributed by atoms with Gasteiger partial charge in [0.2, 0.25) is 5.88 Å². The highest BCUT2D eigenvalue weighted by atomic mass is 16.5. The van der Waals surface area contributed by atoms with Crippen LogP contribution in [0, 0.1) is 0 Å². The Morgan fingerprint density at radius 3 is 2.36 bits per heavy atom. The highest BCUT2D eigenvalue weighted by molar-refractivity contribution is 5.87. The molecule has 0 aliphatic carbocycles. The van der Waals surface area contributed by atoms with Crippen LogP contribution in [0.4, 0.5) is 0 Å². The highest BCUT2D eigenvalue weighted by Crippen LogP contribution is 2.23. The summed E-state index contributed by atoms with van der Waals surface area (Å²) in [7, 11) is 0. The summed E-state index contributed by atoms with van der Waals surface area (Å²) < 4.78 is 5.63. The van der Waals surface area contributed by atoms with Gasteiger partial charge in [-0.25, -0.2) is 14.8 Å². The number of hydrogen-bond acceptors (Lipinski definition) is 4. The average Bonchev–Trinajstić information content (AvgIpc) is 2.56. The van der Waals surface area contributed by atoms with Crippen LogP contribution in [-0.2, 0) is 0 Å². The minimum Gasteiger partial charge on any atom is -0.478 e. The Labute approximate surface area is 126 Å². The predicted molar refractivity (Wildman–Crippen MR) is 80.9 cm³/mol. The molecule has 0 aliphatic heterocycles. The molecule has 0 amide bonds. The molecule has 108 valence electrons. The number of carboxylic acid groups (broad SMARTS) is 1. The molecule has 0 spiro atoms. The van der Waals surface area contributed by atoms with Crippen molar-refractivity contribution >= 4 is 5.97 Å². The predicted octanol–water partition coefficient (Wildman–Crippen LogP) is 3.63. The van der Waals surface area contributed by atoms with Gasteiger partial charge < -0.3 is 9.84 Å². The van der Waals surface area contributed by atoms with Crippen LogP contribution in [0.15, 0.2) is 67.0 Å². The zero-order chi connectivity index (χ0) is 15.4. The number of carboxylic acids is 1. The summed E-state index contributed by atoms with van der Waals surface area (Å²) >= 11 is 0. The molecule has 3 rings (SSSR count). The van der Waals surface area contributed by atoms with Gasteiger partial charge in [-0.3, -0.25) is 0 Å². The molecule has 0 bridgehead atoms. The van der Waals surface area contributed by atoms with E-state index in [2.05, 4.69) is 9.97 Å². The SMILES string of the molecule is O=C(O)c1ccc(Oc2cc(-c3ccccc3)ncn2)cc1. The topological polar surface area (TPSA) is 72.3 Å². The van der Waals surface area contributed by atoms with Crippen LogP contribution in [0.3, 0.4) is 0 Å². The Bertz CT molecular complexity index is 787. The number of ether oxygens (including phenoxy) is 1. The van der Waals surface area contributed by atoms with E-state index in [1.54, 1.807) is 18.2 Å². The Kier molecular flexibility index (Phi) is 3.78. The zero-order valence-electron chi connectivity index (χ0n) is 11.5. The third kappa shape index (κ3) is 3.09. The molecular formula is C17H12N2O3. The van der Waals surface area contributed by atoms with Gasteiger partial charge in [0.25, 0.3) is 0 Å². The van der Waals surface area contributed by atoms with Crippen molar-refractivity contribution in [3.05, 3.63) is 72.6 Å². The smallest absolute Gasteiger partial charge is 0.335 e. The fraction of sp³-hybridized carbons (Fsp3) is 0. The molecule has 0 saturated carbocycles. The van der Waals surface area contributed by atoms with Gasteiger partial charge in [0, 0.05) is 11.6 Å². The maximum atomic E-state index is 10.8. The summed E-state index contributed by atoms with van der Waals surface area (Å²) in [5.74, 6) is -0.0559. The molecule has 0 unspecified atom stereocenters. The largest absolute Gasteiger partial charge is 0.478 e. The summed E-state index contributed by atoms with van der Waals surface area (Å²) in [6, 6.07) is 17.6. The third-order valence-electron chi connectivity index (χ3n) is 3.04. The van der Waals surface area contributed by atoms with E-state index in [1.165, 1.54) is 18.5 Å². The average molecular weight is 292 g/mol. The van der Waals surface area contributed by atoms with Gasteiger partial charge in [-0.05, 0) is 24.3 Å². The molecule has 5 heteroatoms. The van der Waals surface area contributed by atoms with Crippen molar-refractivity contribution in [2.75, 3.05) is 0 Å². The van der Waals surface area contributed by atoms with Crippen molar-refractivity contribution in [3.63, 3.8) is 0 Å². The van der Waals surface area contributed by atoms with E-state index in [1.807, 2.05) is 30.3 Å². The molecule has 22 heavy (non-hydrogen) atoms. The molecule has 0 fully saturated rings. The number of hydrogen-bond donors (Lipinski definition) is 1. The van der Waals surface area contributed by atoms with Crippen LogP contribution >= 0.6 is 0 Å². The first-order chi connectivity index (χ1) is 10.7. The van der Waals surface area contributed by atoms with Crippen LogP contribution in [0.25, 0.3) is 11.3 Å². The minimum atomic E-state index is -0.972. The van der Waals surface area contributed by atoms with Crippen LogP contribution < -0.4 is 4.74 Å². The van der Waals surface area contributed by atoms with Crippen LogP contribution in [0.5, 0.6) is 11.6 Å². The van der Waals surface area contributed by atoms with Crippen molar-refractivity contribution in [1.82, 2.24) is 9.97 Å². The van der Waals surface area contributed by atoms with E-state index in [9.17, 15) is 4.79 Å².